The number of carboxylic acids is 1. The van der Waals surface area contributed by atoms with Crippen LogP contribution in [0.5, 0.6) is 0 Å². The van der Waals surface area contributed by atoms with Crippen LogP contribution in [0, 0.1) is 0 Å². The maximum absolute atomic E-state index is 10.8. The molecule has 1 aromatic rings. The van der Waals surface area contributed by atoms with Crippen LogP contribution in [0.3, 0.4) is 0 Å². The van der Waals surface area contributed by atoms with E-state index in [2.05, 4.69) is 31.7 Å². The van der Waals surface area contributed by atoms with Gasteiger partial charge in [0.2, 0.25) is 0 Å². The number of hydrogen-bond donors (Lipinski definition) is 5. The van der Waals surface area contributed by atoms with E-state index in [1.807, 2.05) is 0 Å². The standard InChI is InChI=1S/C14H18N6O2S2/c1-8(17-19-13(23)15-3)9(2)18-20-14(24)16-11-6-4-10(5-7-11)12(21)22/h4-7H,1-3H3,(H,21,22)(H2,15,19,23)(H2,16,20,24)/b17-8+,18-9+. The summed E-state index contributed by atoms with van der Waals surface area (Å²) in [5.41, 5.74) is 7.45. The summed E-state index contributed by atoms with van der Waals surface area (Å²) in [6.07, 6.45) is 0. The molecule has 0 saturated heterocycles. The highest BCUT2D eigenvalue weighted by molar-refractivity contribution is 7.80. The normalized spacial score (nSPS) is 11.5. The zero-order valence-corrected chi connectivity index (χ0v) is 15.0. The third kappa shape index (κ3) is 6.67. The molecular weight excluding hydrogens is 348 g/mol. The Morgan fingerprint density at radius 3 is 1.96 bits per heavy atom. The fraction of sp³-hybridized carbons (Fsp3) is 0.214. The number of nitrogens with zero attached hydrogens (tertiary/aromatic N) is 2. The summed E-state index contributed by atoms with van der Waals surface area (Å²) < 4.78 is 0. The minimum atomic E-state index is -0.983. The van der Waals surface area contributed by atoms with Crippen LogP contribution in [-0.4, -0.2) is 39.8 Å². The maximum Gasteiger partial charge on any atom is 0.335 e. The Bertz CT molecular complexity index is 685. The highest BCUT2D eigenvalue weighted by atomic mass is 32.1. The van der Waals surface area contributed by atoms with E-state index < -0.39 is 5.97 Å². The second kappa shape index (κ2) is 9.53. The Morgan fingerprint density at radius 1 is 1.00 bits per heavy atom. The van der Waals surface area contributed by atoms with Crippen molar-refractivity contribution in [2.45, 2.75) is 13.8 Å². The summed E-state index contributed by atoms with van der Waals surface area (Å²) in [4.78, 5) is 10.8. The van der Waals surface area contributed by atoms with E-state index in [-0.39, 0.29) is 10.7 Å². The lowest BCUT2D eigenvalue weighted by Crippen LogP contribution is -2.30. The second-order valence-corrected chi connectivity index (χ2v) is 5.35. The molecule has 5 N–H and O–H groups in total. The van der Waals surface area contributed by atoms with E-state index in [0.29, 0.717) is 22.2 Å². The summed E-state index contributed by atoms with van der Waals surface area (Å²) in [5, 5.41) is 23.3. The molecule has 10 heteroatoms. The largest absolute Gasteiger partial charge is 0.478 e. The molecule has 1 rings (SSSR count). The van der Waals surface area contributed by atoms with E-state index >= 15 is 0 Å². The number of hydrogen-bond acceptors (Lipinski definition) is 5. The third-order valence-electron chi connectivity index (χ3n) is 2.79. The minimum absolute atomic E-state index is 0.201. The second-order valence-electron chi connectivity index (χ2n) is 4.53. The van der Waals surface area contributed by atoms with Gasteiger partial charge in [-0.3, -0.25) is 10.9 Å². The van der Waals surface area contributed by atoms with Crippen LogP contribution in [0.2, 0.25) is 0 Å². The van der Waals surface area contributed by atoms with Crippen molar-refractivity contribution in [3.8, 4) is 0 Å². The van der Waals surface area contributed by atoms with Crippen molar-refractivity contribution in [1.82, 2.24) is 16.2 Å². The van der Waals surface area contributed by atoms with Crippen LogP contribution >= 0.6 is 24.4 Å². The highest BCUT2D eigenvalue weighted by Crippen LogP contribution is 2.09. The number of carboxylic acid groups (broad SMARTS) is 1. The average Bonchev–Trinajstić information content (AvgIpc) is 2.57. The predicted octanol–water partition coefficient (Wildman–Crippen LogP) is 1.52. The molecule has 24 heavy (non-hydrogen) atoms. The zero-order chi connectivity index (χ0) is 18.1. The van der Waals surface area contributed by atoms with Crippen molar-refractivity contribution in [2.24, 2.45) is 10.2 Å². The first-order chi connectivity index (χ1) is 11.3. The fourth-order valence-corrected chi connectivity index (χ4v) is 1.55. The summed E-state index contributed by atoms with van der Waals surface area (Å²) in [7, 11) is 1.69. The van der Waals surface area contributed by atoms with E-state index in [4.69, 9.17) is 29.5 Å². The summed E-state index contributed by atoms with van der Waals surface area (Å²) in [6, 6.07) is 6.19. The molecule has 0 aromatic heterocycles. The molecule has 0 fully saturated rings. The number of hydrazone groups is 2. The monoisotopic (exact) mass is 366 g/mol. The van der Waals surface area contributed by atoms with Gasteiger partial charge in [0, 0.05) is 12.7 Å². The van der Waals surface area contributed by atoms with E-state index in [1.54, 1.807) is 33.0 Å². The maximum atomic E-state index is 10.8. The number of nitrogens with one attached hydrogen (secondary N) is 4. The van der Waals surface area contributed by atoms with E-state index in [9.17, 15) is 4.79 Å². The van der Waals surface area contributed by atoms with Gasteiger partial charge in [0.1, 0.15) is 0 Å². The van der Waals surface area contributed by atoms with E-state index in [1.165, 1.54) is 12.1 Å². The molecule has 0 aliphatic carbocycles. The van der Waals surface area contributed by atoms with Gasteiger partial charge in [-0.05, 0) is 62.5 Å². The van der Waals surface area contributed by atoms with Gasteiger partial charge in [-0.1, -0.05) is 0 Å². The van der Waals surface area contributed by atoms with Crippen molar-refractivity contribution >= 4 is 57.7 Å². The smallest absolute Gasteiger partial charge is 0.335 e. The van der Waals surface area contributed by atoms with Crippen molar-refractivity contribution in [3.63, 3.8) is 0 Å². The Balaban J connectivity index is 2.57. The molecule has 0 aliphatic rings. The van der Waals surface area contributed by atoms with Crippen LogP contribution in [0.25, 0.3) is 0 Å². The molecule has 0 unspecified atom stereocenters. The van der Waals surface area contributed by atoms with Gasteiger partial charge in [-0.2, -0.15) is 10.2 Å². The molecule has 0 amide bonds. The van der Waals surface area contributed by atoms with Gasteiger partial charge in [0.25, 0.3) is 0 Å². The zero-order valence-electron chi connectivity index (χ0n) is 13.4. The summed E-state index contributed by atoms with van der Waals surface area (Å²) in [6.45, 7) is 3.53. The minimum Gasteiger partial charge on any atom is -0.478 e. The SMILES string of the molecule is CNC(=S)N/N=C(C)/C(C)=N/NC(=S)Nc1ccc(C(=O)O)cc1. The number of benzene rings is 1. The predicted molar refractivity (Wildman–Crippen MR) is 104 cm³/mol. The number of anilines is 1. The number of aromatic carboxylic acids is 1. The molecule has 128 valence electrons. The Morgan fingerprint density at radius 2 is 1.50 bits per heavy atom. The molecular formula is C14H18N6O2S2. The number of rotatable bonds is 5. The molecule has 8 nitrogen and oxygen atoms in total. The third-order valence-corrected chi connectivity index (χ3v) is 3.28. The Kier molecular flexibility index (Phi) is 7.72. The summed E-state index contributed by atoms with van der Waals surface area (Å²) in [5.74, 6) is -0.983. The lowest BCUT2D eigenvalue weighted by Gasteiger charge is -2.08. The van der Waals surface area contributed by atoms with Gasteiger partial charge >= 0.3 is 5.97 Å². The average molecular weight is 366 g/mol. The van der Waals surface area contributed by atoms with Crippen LogP contribution in [0.1, 0.15) is 24.2 Å². The molecule has 0 atom stereocenters. The number of thiocarbonyl (C=S) groups is 2. The lowest BCUT2D eigenvalue weighted by atomic mass is 10.2. The van der Waals surface area contributed by atoms with Gasteiger partial charge in [0.05, 0.1) is 17.0 Å². The lowest BCUT2D eigenvalue weighted by molar-refractivity contribution is 0.0697. The summed E-state index contributed by atoms with van der Waals surface area (Å²) >= 11 is 10.0. The van der Waals surface area contributed by atoms with Gasteiger partial charge in [-0.15, -0.1) is 0 Å². The van der Waals surface area contributed by atoms with Crippen molar-refractivity contribution in [2.75, 3.05) is 12.4 Å². The molecule has 0 heterocycles. The van der Waals surface area contributed by atoms with Crippen LogP contribution < -0.4 is 21.5 Å². The van der Waals surface area contributed by atoms with Crippen molar-refractivity contribution < 1.29 is 9.90 Å². The Labute approximate surface area is 150 Å². The molecule has 0 radical (unpaired) electrons. The molecule has 0 bridgehead atoms. The van der Waals surface area contributed by atoms with Crippen molar-refractivity contribution in [3.05, 3.63) is 29.8 Å². The topological polar surface area (TPSA) is 110 Å². The molecule has 0 saturated carbocycles. The first-order valence-electron chi connectivity index (χ1n) is 6.80. The highest BCUT2D eigenvalue weighted by Gasteiger charge is 2.03. The van der Waals surface area contributed by atoms with E-state index in [0.717, 1.165) is 0 Å². The molecule has 1 aromatic carbocycles. The molecule has 0 spiro atoms. The van der Waals surface area contributed by atoms with Crippen LogP contribution in [0.15, 0.2) is 34.5 Å². The fourth-order valence-electron chi connectivity index (χ4n) is 1.34. The van der Waals surface area contributed by atoms with Gasteiger partial charge in [-0.25, -0.2) is 4.79 Å². The first kappa shape index (κ1) is 19.5. The number of carbonyl (C=O) groups is 1. The van der Waals surface area contributed by atoms with Crippen molar-refractivity contribution in [1.29, 1.82) is 0 Å². The van der Waals surface area contributed by atoms with Gasteiger partial charge in [0.15, 0.2) is 10.2 Å². The van der Waals surface area contributed by atoms with Crippen LogP contribution in [0.4, 0.5) is 5.69 Å². The van der Waals surface area contributed by atoms with Crippen LogP contribution in [-0.2, 0) is 0 Å². The Hall–Kier alpha value is -2.59. The quantitative estimate of drug-likeness (QED) is 0.303. The molecule has 0 aliphatic heterocycles. The first-order valence-corrected chi connectivity index (χ1v) is 7.62. The van der Waals surface area contributed by atoms with Gasteiger partial charge < -0.3 is 15.7 Å².